The fourth-order valence-corrected chi connectivity index (χ4v) is 2.12. The van der Waals surface area contributed by atoms with Crippen LogP contribution >= 0.6 is 0 Å². The van der Waals surface area contributed by atoms with Gasteiger partial charge in [-0.05, 0) is 30.0 Å². The SMILES string of the molecule is CC(=O)CN1C(=O)c2ccc(C(C)(C)C)cc2C1=O. The molecule has 0 fully saturated rings. The largest absolute Gasteiger partial charge is 0.298 e. The van der Waals surface area contributed by atoms with Gasteiger partial charge in [0.05, 0.1) is 17.7 Å². The summed E-state index contributed by atoms with van der Waals surface area (Å²) in [6, 6.07) is 5.30. The van der Waals surface area contributed by atoms with Crippen LogP contribution in [0.25, 0.3) is 0 Å². The molecule has 0 bridgehead atoms. The second-order valence-electron chi connectivity index (χ2n) is 5.91. The summed E-state index contributed by atoms with van der Waals surface area (Å²) in [5.74, 6) is -0.956. The minimum Gasteiger partial charge on any atom is -0.298 e. The van der Waals surface area contributed by atoms with Crippen molar-refractivity contribution in [2.45, 2.75) is 33.1 Å². The summed E-state index contributed by atoms with van der Waals surface area (Å²) in [7, 11) is 0. The van der Waals surface area contributed by atoms with Crippen LogP contribution in [0.4, 0.5) is 0 Å². The summed E-state index contributed by atoms with van der Waals surface area (Å²) in [6.45, 7) is 7.34. The minimum atomic E-state index is -0.379. The zero-order valence-electron chi connectivity index (χ0n) is 11.6. The number of amides is 2. The lowest BCUT2D eigenvalue weighted by Crippen LogP contribution is -2.33. The average molecular weight is 259 g/mol. The highest BCUT2D eigenvalue weighted by Gasteiger charge is 2.36. The van der Waals surface area contributed by atoms with Gasteiger partial charge in [0.1, 0.15) is 5.78 Å². The molecular formula is C15H17NO3. The molecule has 2 amide bonds. The van der Waals surface area contributed by atoms with E-state index in [2.05, 4.69) is 0 Å². The highest BCUT2D eigenvalue weighted by molar-refractivity contribution is 6.22. The van der Waals surface area contributed by atoms with Crippen LogP contribution in [0.1, 0.15) is 54.0 Å². The standard InChI is InChI=1S/C15H17NO3/c1-9(17)8-16-13(18)11-6-5-10(15(2,3)4)7-12(11)14(16)19/h5-7H,8H2,1-4H3. The molecule has 0 saturated heterocycles. The summed E-state index contributed by atoms with van der Waals surface area (Å²) in [5, 5.41) is 0. The molecule has 1 aromatic carbocycles. The average Bonchev–Trinajstić information content (AvgIpc) is 2.53. The lowest BCUT2D eigenvalue weighted by Gasteiger charge is -2.19. The van der Waals surface area contributed by atoms with Gasteiger partial charge < -0.3 is 0 Å². The van der Waals surface area contributed by atoms with Gasteiger partial charge in [-0.3, -0.25) is 19.3 Å². The number of imide groups is 1. The smallest absolute Gasteiger partial charge is 0.261 e. The van der Waals surface area contributed by atoms with Crippen LogP contribution < -0.4 is 0 Å². The van der Waals surface area contributed by atoms with Crippen LogP contribution in [0.15, 0.2) is 18.2 Å². The van der Waals surface area contributed by atoms with Gasteiger partial charge in [-0.2, -0.15) is 0 Å². The van der Waals surface area contributed by atoms with Crippen molar-refractivity contribution in [1.82, 2.24) is 4.90 Å². The Morgan fingerprint density at radius 1 is 1.11 bits per heavy atom. The Kier molecular flexibility index (Phi) is 3.04. The molecule has 1 aliphatic heterocycles. The molecule has 0 spiro atoms. The third-order valence-electron chi connectivity index (χ3n) is 3.22. The van der Waals surface area contributed by atoms with Gasteiger partial charge in [-0.15, -0.1) is 0 Å². The Labute approximate surface area is 112 Å². The molecule has 0 radical (unpaired) electrons. The first-order valence-electron chi connectivity index (χ1n) is 6.22. The van der Waals surface area contributed by atoms with Crippen LogP contribution in [0.2, 0.25) is 0 Å². The molecule has 0 aromatic heterocycles. The van der Waals surface area contributed by atoms with E-state index >= 15 is 0 Å². The monoisotopic (exact) mass is 259 g/mol. The molecule has 100 valence electrons. The van der Waals surface area contributed by atoms with Gasteiger partial charge >= 0.3 is 0 Å². The zero-order valence-corrected chi connectivity index (χ0v) is 11.6. The molecule has 19 heavy (non-hydrogen) atoms. The Hall–Kier alpha value is -1.97. The molecule has 1 aromatic rings. The van der Waals surface area contributed by atoms with Gasteiger partial charge in [0.2, 0.25) is 0 Å². The van der Waals surface area contributed by atoms with E-state index < -0.39 is 0 Å². The van der Waals surface area contributed by atoms with Crippen molar-refractivity contribution >= 4 is 17.6 Å². The zero-order chi connectivity index (χ0) is 14.4. The highest BCUT2D eigenvalue weighted by Crippen LogP contribution is 2.29. The summed E-state index contributed by atoms with van der Waals surface area (Å²) >= 11 is 0. The Balaban J connectivity index is 2.45. The van der Waals surface area contributed by atoms with E-state index in [-0.39, 0.29) is 29.6 Å². The molecule has 0 saturated carbocycles. The lowest BCUT2D eigenvalue weighted by atomic mass is 9.85. The first-order chi connectivity index (χ1) is 8.71. The molecule has 0 N–H and O–H groups in total. The second kappa shape index (κ2) is 4.30. The molecule has 1 aliphatic rings. The molecule has 0 unspecified atom stereocenters. The Bertz CT molecular complexity index is 582. The summed E-state index contributed by atoms with van der Waals surface area (Å²) < 4.78 is 0. The number of fused-ring (bicyclic) bond motifs is 1. The van der Waals surface area contributed by atoms with Crippen molar-refractivity contribution in [3.63, 3.8) is 0 Å². The normalized spacial score (nSPS) is 14.8. The van der Waals surface area contributed by atoms with Crippen molar-refractivity contribution in [1.29, 1.82) is 0 Å². The molecule has 4 heteroatoms. The van der Waals surface area contributed by atoms with E-state index in [0.717, 1.165) is 10.5 Å². The number of ketones is 1. The summed E-state index contributed by atoms with van der Waals surface area (Å²) in [4.78, 5) is 36.4. The van der Waals surface area contributed by atoms with Crippen molar-refractivity contribution in [2.75, 3.05) is 6.54 Å². The van der Waals surface area contributed by atoms with Gasteiger partial charge in [-0.25, -0.2) is 0 Å². The summed E-state index contributed by atoms with van der Waals surface area (Å²) in [6.07, 6.45) is 0. The number of carbonyl (C=O) groups excluding carboxylic acids is 3. The predicted octanol–water partition coefficient (Wildman–Crippen LogP) is 2.17. The van der Waals surface area contributed by atoms with Crippen LogP contribution in [-0.4, -0.2) is 29.0 Å². The van der Waals surface area contributed by atoms with Gasteiger partial charge in [0.25, 0.3) is 11.8 Å². The van der Waals surface area contributed by atoms with Crippen LogP contribution in [0.5, 0.6) is 0 Å². The maximum atomic E-state index is 12.2. The van der Waals surface area contributed by atoms with Gasteiger partial charge in [-0.1, -0.05) is 26.8 Å². The molecule has 0 aliphatic carbocycles. The molecule has 0 atom stereocenters. The van der Waals surface area contributed by atoms with E-state index in [1.807, 2.05) is 26.8 Å². The van der Waals surface area contributed by atoms with Crippen molar-refractivity contribution in [3.05, 3.63) is 34.9 Å². The van der Waals surface area contributed by atoms with Crippen LogP contribution in [0, 0.1) is 0 Å². The van der Waals surface area contributed by atoms with Crippen LogP contribution in [-0.2, 0) is 10.2 Å². The number of carbonyl (C=O) groups is 3. The number of Topliss-reactive ketones (excluding diaryl/α,β-unsaturated/α-hetero) is 1. The van der Waals surface area contributed by atoms with Crippen LogP contribution in [0.3, 0.4) is 0 Å². The number of hydrogen-bond donors (Lipinski definition) is 0. The first kappa shape index (κ1) is 13.5. The Morgan fingerprint density at radius 3 is 2.21 bits per heavy atom. The number of benzene rings is 1. The molecule has 2 rings (SSSR count). The third kappa shape index (κ3) is 2.30. The fraction of sp³-hybridized carbons (Fsp3) is 0.400. The lowest BCUT2D eigenvalue weighted by molar-refractivity contribution is -0.117. The maximum absolute atomic E-state index is 12.2. The van der Waals surface area contributed by atoms with E-state index in [9.17, 15) is 14.4 Å². The van der Waals surface area contributed by atoms with E-state index in [0.29, 0.717) is 11.1 Å². The fourth-order valence-electron chi connectivity index (χ4n) is 2.12. The molecular weight excluding hydrogens is 242 g/mol. The van der Waals surface area contributed by atoms with Gasteiger partial charge in [0.15, 0.2) is 0 Å². The maximum Gasteiger partial charge on any atom is 0.261 e. The minimum absolute atomic E-state index is 0.0909. The van der Waals surface area contributed by atoms with Gasteiger partial charge in [0, 0.05) is 0 Å². The second-order valence-corrected chi connectivity index (χ2v) is 5.91. The Morgan fingerprint density at radius 2 is 1.68 bits per heavy atom. The van der Waals surface area contributed by atoms with E-state index in [1.165, 1.54) is 6.92 Å². The number of rotatable bonds is 2. The highest BCUT2D eigenvalue weighted by atomic mass is 16.2. The number of hydrogen-bond acceptors (Lipinski definition) is 3. The third-order valence-corrected chi connectivity index (χ3v) is 3.22. The topological polar surface area (TPSA) is 54.5 Å². The number of nitrogens with zero attached hydrogens (tertiary/aromatic N) is 1. The van der Waals surface area contributed by atoms with Crippen molar-refractivity contribution < 1.29 is 14.4 Å². The van der Waals surface area contributed by atoms with E-state index in [4.69, 9.17) is 0 Å². The van der Waals surface area contributed by atoms with Crippen molar-refractivity contribution in [3.8, 4) is 0 Å². The molecule has 1 heterocycles. The van der Waals surface area contributed by atoms with E-state index in [1.54, 1.807) is 12.1 Å². The predicted molar refractivity (Wildman–Crippen MR) is 71.2 cm³/mol. The quantitative estimate of drug-likeness (QED) is 0.765. The first-order valence-corrected chi connectivity index (χ1v) is 6.22. The molecule has 4 nitrogen and oxygen atoms in total. The van der Waals surface area contributed by atoms with Crippen molar-refractivity contribution in [2.24, 2.45) is 0 Å². The summed E-state index contributed by atoms with van der Waals surface area (Å²) in [5.41, 5.74) is 1.70.